The molecule has 1 aromatic heterocycles. The molecule has 0 radical (unpaired) electrons. The van der Waals surface area contributed by atoms with Crippen LogP contribution in [0.1, 0.15) is 121 Å². The molecule has 5 aliphatic rings. The Kier molecular flexibility index (Phi) is 7.77. The number of amides is 2. The highest BCUT2D eigenvalue weighted by atomic mass is 19.1. The van der Waals surface area contributed by atoms with Gasteiger partial charge in [0.15, 0.2) is 0 Å². The number of hydrogen-bond donors (Lipinski definition) is 2. The van der Waals surface area contributed by atoms with E-state index in [4.69, 9.17) is 4.98 Å². The number of hydrazine groups is 1. The number of halogens is 1. The summed E-state index contributed by atoms with van der Waals surface area (Å²) in [5.74, 6) is 1.44. The molecule has 5 aliphatic carbocycles. The molecule has 51 heavy (non-hydrogen) atoms. The predicted molar refractivity (Wildman–Crippen MR) is 201 cm³/mol. The monoisotopic (exact) mass is 689 g/mol. The first-order valence-electron chi connectivity index (χ1n) is 19.5. The standard InChI is InChI=1S/C45H56FN3O2/c1-26-9-11-29(12-10-26)39(50)48-49-40(51)45-20-17-27(2)28(3)37(45)33-14-16-36-42(6)25-31-23-30-24-32(46)13-15-34(30)47-38(31)41(4,5)35(42)18-19-44(36,8)43(33,7)21-22-45/h9-15,23-24,27-28,35-37H,16-22,25H2,1-8H3,(H,48,50)(H,49,51)/t27-,28+,35+,36-,37+,42+,43-,44-,45+/m1/s1. The van der Waals surface area contributed by atoms with Crippen LogP contribution in [0.3, 0.4) is 0 Å². The number of rotatable bonds is 2. The molecular formula is C45H56FN3O2. The van der Waals surface area contributed by atoms with Gasteiger partial charge in [-0.3, -0.25) is 25.4 Å². The summed E-state index contributed by atoms with van der Waals surface area (Å²) in [7, 11) is 0. The lowest BCUT2D eigenvalue weighted by Crippen LogP contribution is -2.66. The summed E-state index contributed by atoms with van der Waals surface area (Å²) in [5, 5.41) is 0.889. The second kappa shape index (κ2) is 11.5. The Morgan fingerprint density at radius 1 is 0.863 bits per heavy atom. The van der Waals surface area contributed by atoms with Crippen LogP contribution in [0.2, 0.25) is 0 Å². The fourth-order valence-electron chi connectivity index (χ4n) is 13.2. The summed E-state index contributed by atoms with van der Waals surface area (Å²) < 4.78 is 14.4. The molecule has 1 heterocycles. The van der Waals surface area contributed by atoms with E-state index in [9.17, 15) is 14.0 Å². The summed E-state index contributed by atoms with van der Waals surface area (Å²) in [6, 6.07) is 14.7. The van der Waals surface area contributed by atoms with E-state index in [1.54, 1.807) is 18.2 Å². The van der Waals surface area contributed by atoms with Gasteiger partial charge in [0.1, 0.15) is 5.82 Å². The van der Waals surface area contributed by atoms with Crippen molar-refractivity contribution in [2.45, 2.75) is 112 Å². The van der Waals surface area contributed by atoms with Gasteiger partial charge in [-0.15, -0.1) is 0 Å². The molecule has 0 saturated heterocycles. The molecule has 6 heteroatoms. The van der Waals surface area contributed by atoms with Crippen LogP contribution in [0.25, 0.3) is 10.9 Å². The fraction of sp³-hybridized carbons (Fsp3) is 0.578. The van der Waals surface area contributed by atoms with Crippen molar-refractivity contribution in [3.05, 3.63) is 88.4 Å². The molecule has 0 bridgehead atoms. The van der Waals surface area contributed by atoms with Crippen molar-refractivity contribution < 1.29 is 14.0 Å². The second-order valence-corrected chi connectivity index (χ2v) is 18.8. The molecule has 2 aromatic carbocycles. The Bertz CT molecular complexity index is 1970. The maximum Gasteiger partial charge on any atom is 0.269 e. The average molecular weight is 690 g/mol. The molecule has 0 spiro atoms. The van der Waals surface area contributed by atoms with Crippen LogP contribution in [0.5, 0.6) is 0 Å². The minimum atomic E-state index is -0.546. The minimum absolute atomic E-state index is 0.0283. The largest absolute Gasteiger partial charge is 0.273 e. The zero-order valence-electron chi connectivity index (χ0n) is 31.9. The molecule has 0 unspecified atom stereocenters. The van der Waals surface area contributed by atoms with Gasteiger partial charge >= 0.3 is 0 Å². The van der Waals surface area contributed by atoms with E-state index in [1.165, 1.54) is 22.9 Å². The van der Waals surface area contributed by atoms with Crippen molar-refractivity contribution in [1.82, 2.24) is 15.8 Å². The van der Waals surface area contributed by atoms with Crippen molar-refractivity contribution in [3.63, 3.8) is 0 Å². The number of nitrogens with zero attached hydrogens (tertiary/aromatic N) is 1. The first-order chi connectivity index (χ1) is 24.0. The lowest BCUT2D eigenvalue weighted by Gasteiger charge is -2.71. The maximum atomic E-state index is 14.5. The van der Waals surface area contributed by atoms with Crippen molar-refractivity contribution in [3.8, 4) is 0 Å². The molecule has 8 rings (SSSR count). The van der Waals surface area contributed by atoms with E-state index >= 15 is 0 Å². The molecular weight excluding hydrogens is 634 g/mol. The maximum absolute atomic E-state index is 14.5. The molecule has 2 N–H and O–H groups in total. The molecule has 2 amide bonds. The number of carbonyl (C=O) groups is 2. The van der Waals surface area contributed by atoms with Gasteiger partial charge in [-0.2, -0.15) is 0 Å². The Morgan fingerprint density at radius 2 is 1.61 bits per heavy atom. The number of pyridine rings is 1. The molecule has 3 aromatic rings. The topological polar surface area (TPSA) is 71.1 Å². The summed E-state index contributed by atoms with van der Waals surface area (Å²) >= 11 is 0. The van der Waals surface area contributed by atoms with Crippen molar-refractivity contribution in [1.29, 1.82) is 0 Å². The van der Waals surface area contributed by atoms with Gasteiger partial charge in [0, 0.05) is 16.4 Å². The number of allylic oxidation sites excluding steroid dienone is 2. The number of carbonyl (C=O) groups excluding carboxylic acids is 2. The predicted octanol–water partition coefficient (Wildman–Crippen LogP) is 9.81. The zero-order valence-corrected chi connectivity index (χ0v) is 31.9. The molecule has 5 nitrogen and oxygen atoms in total. The number of aryl methyl sites for hydroxylation is 1. The van der Waals surface area contributed by atoms with E-state index in [2.05, 4.69) is 71.5 Å². The van der Waals surface area contributed by atoms with Crippen LogP contribution >= 0.6 is 0 Å². The van der Waals surface area contributed by atoms with Crippen LogP contribution in [0.4, 0.5) is 4.39 Å². The van der Waals surface area contributed by atoms with Gasteiger partial charge in [0.05, 0.1) is 16.6 Å². The fourth-order valence-corrected chi connectivity index (χ4v) is 13.2. The third-order valence-electron chi connectivity index (χ3n) is 16.2. The van der Waals surface area contributed by atoms with Gasteiger partial charge in [0.2, 0.25) is 5.91 Å². The highest BCUT2D eigenvalue weighted by Crippen LogP contribution is 2.75. The summed E-state index contributed by atoms with van der Waals surface area (Å²) in [6.45, 7) is 19.2. The Morgan fingerprint density at radius 3 is 2.35 bits per heavy atom. The third kappa shape index (κ3) is 4.79. The summed E-state index contributed by atoms with van der Waals surface area (Å²) in [5.41, 5.74) is 11.7. The van der Waals surface area contributed by atoms with Crippen molar-refractivity contribution >= 4 is 22.7 Å². The number of fused-ring (bicyclic) bond motifs is 9. The van der Waals surface area contributed by atoms with Gasteiger partial charge in [-0.1, -0.05) is 77.8 Å². The minimum Gasteiger partial charge on any atom is -0.273 e. The number of nitrogens with one attached hydrogen (secondary N) is 2. The van der Waals surface area contributed by atoms with Gasteiger partial charge < -0.3 is 0 Å². The van der Waals surface area contributed by atoms with E-state index in [-0.39, 0.29) is 45.2 Å². The highest BCUT2D eigenvalue weighted by molar-refractivity contribution is 5.96. The number of aromatic nitrogens is 1. The smallest absolute Gasteiger partial charge is 0.269 e. The second-order valence-electron chi connectivity index (χ2n) is 18.8. The first-order valence-corrected chi connectivity index (χ1v) is 19.5. The van der Waals surface area contributed by atoms with E-state index in [0.29, 0.717) is 29.2 Å². The van der Waals surface area contributed by atoms with E-state index < -0.39 is 5.41 Å². The normalized spacial score (nSPS) is 37.8. The Balaban J connectivity index is 1.15. The van der Waals surface area contributed by atoms with Gasteiger partial charge in [-0.05, 0) is 146 Å². The third-order valence-corrected chi connectivity index (χ3v) is 16.2. The Hall–Kier alpha value is -3.54. The van der Waals surface area contributed by atoms with Crippen molar-refractivity contribution in [2.75, 3.05) is 0 Å². The van der Waals surface area contributed by atoms with Crippen LogP contribution < -0.4 is 10.9 Å². The zero-order chi connectivity index (χ0) is 36.3. The molecule has 0 aliphatic heterocycles. The molecule has 3 saturated carbocycles. The van der Waals surface area contributed by atoms with E-state index in [0.717, 1.165) is 67.8 Å². The van der Waals surface area contributed by atoms with Gasteiger partial charge in [0.25, 0.3) is 5.91 Å². The van der Waals surface area contributed by atoms with Crippen LogP contribution in [-0.4, -0.2) is 16.8 Å². The molecule has 3 fully saturated rings. The lowest BCUT2D eigenvalue weighted by molar-refractivity contribution is -0.170. The number of benzene rings is 2. The van der Waals surface area contributed by atoms with Crippen LogP contribution in [0.15, 0.2) is 60.2 Å². The number of hydrogen-bond acceptors (Lipinski definition) is 3. The highest BCUT2D eigenvalue weighted by Gasteiger charge is 2.69. The van der Waals surface area contributed by atoms with E-state index in [1.807, 2.05) is 25.1 Å². The van der Waals surface area contributed by atoms with Crippen LogP contribution in [0, 0.1) is 64.0 Å². The van der Waals surface area contributed by atoms with Gasteiger partial charge in [-0.25, -0.2) is 4.39 Å². The van der Waals surface area contributed by atoms with Crippen LogP contribution in [-0.2, 0) is 16.6 Å². The summed E-state index contributed by atoms with van der Waals surface area (Å²) in [6.07, 6.45) is 10.5. The Labute approximate surface area is 303 Å². The lowest BCUT2D eigenvalue weighted by atomic mass is 9.33. The first kappa shape index (κ1) is 34.5. The molecule has 270 valence electrons. The summed E-state index contributed by atoms with van der Waals surface area (Å²) in [4.78, 5) is 32.8. The average Bonchev–Trinajstić information content (AvgIpc) is 3.08. The SMILES string of the molecule is Cc1ccc(C(=O)NNC(=O)[C@]23CC[C@@H](C)[C@H](C)[C@H]2C2=CC[C@@H]4[C@@]5(C)Cc6cc7cc(F)ccc7nc6C(C)(C)[C@@H]5CC[C@@]4(C)[C@]2(C)CC3)cc1. The quantitative estimate of drug-likeness (QED) is 0.208. The van der Waals surface area contributed by atoms with Crippen molar-refractivity contribution in [2.24, 2.45) is 51.2 Å². The molecule has 9 atom stereocenters.